The van der Waals surface area contributed by atoms with E-state index in [0.29, 0.717) is 5.56 Å². The summed E-state index contributed by atoms with van der Waals surface area (Å²) in [5.41, 5.74) is 1.83. The van der Waals surface area contributed by atoms with Gasteiger partial charge in [0.05, 0.1) is 18.5 Å². The highest BCUT2D eigenvalue weighted by Crippen LogP contribution is 2.15. The van der Waals surface area contributed by atoms with Crippen LogP contribution in [0.5, 0.6) is 5.75 Å². The Bertz CT molecular complexity index is 603. The van der Waals surface area contributed by atoms with E-state index in [1.165, 1.54) is 0 Å². The maximum atomic E-state index is 8.08. The second-order valence-corrected chi connectivity index (χ2v) is 4.90. The van der Waals surface area contributed by atoms with E-state index in [1.807, 2.05) is 24.3 Å². The predicted octanol–water partition coefficient (Wildman–Crippen LogP) is 3.89. The van der Waals surface area contributed by atoms with Gasteiger partial charge in [0.1, 0.15) is 5.75 Å². The molecule has 0 aliphatic carbocycles. The van der Waals surface area contributed by atoms with Crippen molar-refractivity contribution in [3.63, 3.8) is 0 Å². The standard InChI is InChI=1S/C15H13BrN2O/c1-19-13-8-4-11(5-9-13)15(18)14(17)10-2-6-12(16)7-3-10/h2-9,17-18H,1H3. The molecule has 0 fully saturated rings. The number of hydrogen-bond acceptors (Lipinski definition) is 3. The van der Waals surface area contributed by atoms with Crippen molar-refractivity contribution in [3.05, 3.63) is 64.1 Å². The molecule has 2 rings (SSSR count). The summed E-state index contributed by atoms with van der Waals surface area (Å²) >= 11 is 3.35. The third-order valence-corrected chi connectivity index (χ3v) is 3.29. The number of rotatable bonds is 4. The average Bonchev–Trinajstić information content (AvgIpc) is 2.46. The molecule has 0 radical (unpaired) electrons. The Balaban J connectivity index is 2.23. The fourth-order valence-corrected chi connectivity index (χ4v) is 1.93. The molecule has 0 amide bonds. The van der Waals surface area contributed by atoms with E-state index in [4.69, 9.17) is 15.6 Å². The van der Waals surface area contributed by atoms with E-state index in [0.717, 1.165) is 15.8 Å². The lowest BCUT2D eigenvalue weighted by atomic mass is 10.00. The van der Waals surface area contributed by atoms with Crippen LogP contribution in [0, 0.1) is 10.8 Å². The normalized spacial score (nSPS) is 10.0. The summed E-state index contributed by atoms with van der Waals surface area (Å²) < 4.78 is 6.04. The quantitative estimate of drug-likeness (QED) is 0.826. The van der Waals surface area contributed by atoms with Crippen LogP contribution < -0.4 is 4.74 Å². The zero-order valence-corrected chi connectivity index (χ0v) is 12.0. The third kappa shape index (κ3) is 3.09. The van der Waals surface area contributed by atoms with Gasteiger partial charge >= 0.3 is 0 Å². The predicted molar refractivity (Wildman–Crippen MR) is 80.8 cm³/mol. The molecular formula is C15H13BrN2O. The molecule has 0 saturated carbocycles. The molecule has 2 aromatic rings. The van der Waals surface area contributed by atoms with Gasteiger partial charge in [0, 0.05) is 15.6 Å². The van der Waals surface area contributed by atoms with E-state index in [9.17, 15) is 0 Å². The molecular weight excluding hydrogens is 304 g/mol. The van der Waals surface area contributed by atoms with Crippen molar-refractivity contribution in [2.75, 3.05) is 7.11 Å². The van der Waals surface area contributed by atoms with Gasteiger partial charge < -0.3 is 4.74 Å². The Morgan fingerprint density at radius 3 is 1.68 bits per heavy atom. The Morgan fingerprint density at radius 1 is 0.842 bits per heavy atom. The molecule has 0 saturated heterocycles. The molecule has 0 bridgehead atoms. The average molecular weight is 317 g/mol. The van der Waals surface area contributed by atoms with Crippen LogP contribution in [-0.4, -0.2) is 18.5 Å². The molecule has 0 atom stereocenters. The summed E-state index contributed by atoms with van der Waals surface area (Å²) in [6.45, 7) is 0. The van der Waals surface area contributed by atoms with Crippen LogP contribution in [0.2, 0.25) is 0 Å². The lowest BCUT2D eigenvalue weighted by Gasteiger charge is -2.07. The van der Waals surface area contributed by atoms with Crippen molar-refractivity contribution >= 4 is 27.4 Å². The highest BCUT2D eigenvalue weighted by Gasteiger charge is 2.10. The number of methoxy groups -OCH3 is 1. The van der Waals surface area contributed by atoms with Crippen LogP contribution in [0.3, 0.4) is 0 Å². The first-order valence-corrected chi connectivity index (χ1v) is 6.49. The lowest BCUT2D eigenvalue weighted by molar-refractivity contribution is 0.415. The number of benzene rings is 2. The monoisotopic (exact) mass is 316 g/mol. The highest BCUT2D eigenvalue weighted by atomic mass is 79.9. The van der Waals surface area contributed by atoms with Crippen molar-refractivity contribution in [3.8, 4) is 5.75 Å². The summed E-state index contributed by atoms with van der Waals surface area (Å²) in [5, 5.41) is 16.1. The number of halogens is 1. The first kappa shape index (κ1) is 13.5. The summed E-state index contributed by atoms with van der Waals surface area (Å²) in [4.78, 5) is 0. The van der Waals surface area contributed by atoms with Gasteiger partial charge in [0.25, 0.3) is 0 Å². The van der Waals surface area contributed by atoms with Gasteiger partial charge in [0.2, 0.25) is 0 Å². The maximum absolute atomic E-state index is 8.08. The van der Waals surface area contributed by atoms with Gasteiger partial charge in [-0.2, -0.15) is 0 Å². The minimum absolute atomic E-state index is 0.199. The number of nitrogens with one attached hydrogen (secondary N) is 2. The van der Waals surface area contributed by atoms with Crippen LogP contribution >= 0.6 is 15.9 Å². The molecule has 96 valence electrons. The van der Waals surface area contributed by atoms with Gasteiger partial charge in [-0.05, 0) is 36.4 Å². The molecule has 2 N–H and O–H groups in total. The van der Waals surface area contributed by atoms with Gasteiger partial charge in [-0.15, -0.1) is 0 Å². The fourth-order valence-electron chi connectivity index (χ4n) is 1.66. The van der Waals surface area contributed by atoms with Gasteiger partial charge in [-0.25, -0.2) is 0 Å². The van der Waals surface area contributed by atoms with Crippen molar-refractivity contribution in [1.29, 1.82) is 10.8 Å². The molecule has 0 aromatic heterocycles. The second kappa shape index (κ2) is 5.80. The smallest absolute Gasteiger partial charge is 0.118 e. The van der Waals surface area contributed by atoms with E-state index in [-0.39, 0.29) is 11.4 Å². The van der Waals surface area contributed by atoms with E-state index in [2.05, 4.69) is 15.9 Å². The molecule has 0 aliphatic rings. The van der Waals surface area contributed by atoms with Gasteiger partial charge in [-0.1, -0.05) is 28.1 Å². The van der Waals surface area contributed by atoms with Gasteiger partial charge in [-0.3, -0.25) is 10.8 Å². The fraction of sp³-hybridized carbons (Fsp3) is 0.0667. The zero-order valence-electron chi connectivity index (χ0n) is 10.4. The maximum Gasteiger partial charge on any atom is 0.118 e. The zero-order chi connectivity index (χ0) is 13.8. The Kier molecular flexibility index (Phi) is 4.12. The molecule has 0 unspecified atom stereocenters. The molecule has 0 heterocycles. The molecule has 0 aliphatic heterocycles. The molecule has 4 heteroatoms. The SMILES string of the molecule is COc1ccc(C(=N)C(=N)c2ccc(Br)cc2)cc1. The third-order valence-electron chi connectivity index (χ3n) is 2.76. The first-order valence-electron chi connectivity index (χ1n) is 5.69. The van der Waals surface area contributed by atoms with E-state index < -0.39 is 0 Å². The minimum Gasteiger partial charge on any atom is -0.497 e. The largest absolute Gasteiger partial charge is 0.497 e. The first-order chi connectivity index (χ1) is 9.11. The lowest BCUT2D eigenvalue weighted by Crippen LogP contribution is -2.14. The van der Waals surface area contributed by atoms with Crippen molar-refractivity contribution < 1.29 is 4.74 Å². The van der Waals surface area contributed by atoms with Gasteiger partial charge in [0.15, 0.2) is 0 Å². The molecule has 3 nitrogen and oxygen atoms in total. The van der Waals surface area contributed by atoms with Crippen LogP contribution in [0.4, 0.5) is 0 Å². The van der Waals surface area contributed by atoms with E-state index in [1.54, 1.807) is 31.4 Å². The summed E-state index contributed by atoms with van der Waals surface area (Å²) in [6.07, 6.45) is 0. The highest BCUT2D eigenvalue weighted by molar-refractivity contribution is 9.10. The van der Waals surface area contributed by atoms with Crippen molar-refractivity contribution in [2.45, 2.75) is 0 Å². The minimum atomic E-state index is 0.199. The van der Waals surface area contributed by atoms with E-state index >= 15 is 0 Å². The second-order valence-electron chi connectivity index (χ2n) is 3.99. The van der Waals surface area contributed by atoms with Crippen LogP contribution in [-0.2, 0) is 0 Å². The summed E-state index contributed by atoms with van der Waals surface area (Å²) in [5.74, 6) is 0.742. The van der Waals surface area contributed by atoms with Crippen LogP contribution in [0.15, 0.2) is 53.0 Å². The van der Waals surface area contributed by atoms with Crippen molar-refractivity contribution in [1.82, 2.24) is 0 Å². The number of ether oxygens (including phenoxy) is 1. The Hall–Kier alpha value is -1.94. The topological polar surface area (TPSA) is 56.9 Å². The molecule has 0 spiro atoms. The Morgan fingerprint density at radius 2 is 1.26 bits per heavy atom. The Labute approximate surface area is 120 Å². The molecule has 19 heavy (non-hydrogen) atoms. The van der Waals surface area contributed by atoms with Crippen LogP contribution in [0.1, 0.15) is 11.1 Å². The van der Waals surface area contributed by atoms with Crippen LogP contribution in [0.25, 0.3) is 0 Å². The van der Waals surface area contributed by atoms with Crippen molar-refractivity contribution in [2.24, 2.45) is 0 Å². The summed E-state index contributed by atoms with van der Waals surface area (Å²) in [6, 6.07) is 14.5. The number of hydrogen-bond donors (Lipinski definition) is 2. The molecule has 2 aromatic carbocycles. The summed E-state index contributed by atoms with van der Waals surface area (Å²) in [7, 11) is 1.60.